The third-order valence-electron chi connectivity index (χ3n) is 8.40. The smallest absolute Gasteiger partial charge is 0.408 e. The van der Waals surface area contributed by atoms with E-state index in [4.69, 9.17) is 33.2 Å². The first kappa shape index (κ1) is 46.6. The number of rotatable bonds is 19. The molecule has 0 aliphatic heterocycles. The molecule has 15 nitrogen and oxygen atoms in total. The van der Waals surface area contributed by atoms with Gasteiger partial charge in [0, 0.05) is 10.8 Å². The van der Waals surface area contributed by atoms with Gasteiger partial charge in [-0.3, -0.25) is 4.79 Å². The van der Waals surface area contributed by atoms with Crippen LogP contribution < -0.4 is 30.2 Å². The minimum absolute atomic E-state index is 0.0210. The summed E-state index contributed by atoms with van der Waals surface area (Å²) in [6.07, 6.45) is -1.51. The van der Waals surface area contributed by atoms with Gasteiger partial charge in [0.05, 0.1) is 20.8 Å². The van der Waals surface area contributed by atoms with Crippen LogP contribution in [0.25, 0.3) is 0 Å². The van der Waals surface area contributed by atoms with Crippen molar-refractivity contribution < 1.29 is 57.1 Å². The van der Waals surface area contributed by atoms with Gasteiger partial charge in [0.2, 0.25) is 5.91 Å². The van der Waals surface area contributed by atoms with E-state index in [1.165, 1.54) is 20.3 Å². The Morgan fingerprint density at radius 3 is 1.93 bits per heavy atom. The molecule has 0 aliphatic rings. The Labute approximate surface area is 362 Å². The monoisotopic (exact) mass is 939 g/mol. The zero-order valence-electron chi connectivity index (χ0n) is 34.3. The lowest BCUT2D eigenvalue weighted by molar-refractivity contribution is -0.148. The van der Waals surface area contributed by atoms with Crippen molar-refractivity contribution in [1.82, 2.24) is 16.0 Å². The third-order valence-corrected chi connectivity index (χ3v) is 8.84. The zero-order chi connectivity index (χ0) is 43.7. The van der Waals surface area contributed by atoms with Crippen LogP contribution in [0.2, 0.25) is 0 Å². The maximum atomic E-state index is 14.1. The fourth-order valence-corrected chi connectivity index (χ4v) is 5.82. The molecule has 0 fully saturated rings. The Balaban J connectivity index is 1.57. The molecule has 0 spiro atoms. The lowest BCUT2D eigenvalue weighted by Crippen LogP contribution is -2.45. The van der Waals surface area contributed by atoms with Crippen LogP contribution in [-0.2, 0) is 46.4 Å². The summed E-state index contributed by atoms with van der Waals surface area (Å²) in [6, 6.07) is 23.3. The highest BCUT2D eigenvalue weighted by atomic mass is 127. The molecule has 4 aromatic rings. The van der Waals surface area contributed by atoms with Crippen molar-refractivity contribution in [2.75, 3.05) is 31.9 Å². The number of carbonyl (C=O) groups is 5. The van der Waals surface area contributed by atoms with Crippen LogP contribution >= 0.6 is 22.6 Å². The largest absolute Gasteiger partial charge is 0.497 e. The fraction of sp³-hybridized carbons (Fsp3) is 0.341. The van der Waals surface area contributed by atoms with Crippen molar-refractivity contribution in [3.8, 4) is 23.0 Å². The Morgan fingerprint density at radius 2 is 1.32 bits per heavy atom. The molecule has 0 heterocycles. The summed E-state index contributed by atoms with van der Waals surface area (Å²) in [5.41, 5.74) is 1.34. The van der Waals surface area contributed by atoms with E-state index in [0.29, 0.717) is 32.8 Å². The molecule has 4 rings (SSSR count). The molecule has 3 atom stereocenters. The minimum Gasteiger partial charge on any atom is -0.497 e. The molecular formula is C44H50IN3O12. The number of carbonyl (C=O) groups excluding carboxylic acids is 5. The van der Waals surface area contributed by atoms with E-state index in [2.05, 4.69) is 38.5 Å². The average Bonchev–Trinajstić information content (AvgIpc) is 3.23. The van der Waals surface area contributed by atoms with Crippen LogP contribution in [0.15, 0.2) is 97.1 Å². The molecule has 0 aromatic heterocycles. The lowest BCUT2D eigenvalue weighted by atomic mass is 10.0. The highest BCUT2D eigenvalue weighted by Crippen LogP contribution is 2.35. The Kier molecular flexibility index (Phi) is 17.8. The summed E-state index contributed by atoms with van der Waals surface area (Å²) in [5.74, 6) is -0.688. The number of hydrogen-bond acceptors (Lipinski definition) is 12. The molecule has 3 amide bonds. The third kappa shape index (κ3) is 14.7. The van der Waals surface area contributed by atoms with Crippen molar-refractivity contribution in [3.05, 3.63) is 119 Å². The topological polar surface area (TPSA) is 186 Å². The molecule has 4 aromatic carbocycles. The van der Waals surface area contributed by atoms with Crippen molar-refractivity contribution in [1.29, 1.82) is 0 Å². The summed E-state index contributed by atoms with van der Waals surface area (Å²) in [5, 5.41) is 7.96. The van der Waals surface area contributed by atoms with Gasteiger partial charge >= 0.3 is 24.1 Å². The van der Waals surface area contributed by atoms with Crippen LogP contribution in [0.5, 0.6) is 23.0 Å². The van der Waals surface area contributed by atoms with Crippen molar-refractivity contribution in [2.45, 2.75) is 64.4 Å². The maximum Gasteiger partial charge on any atom is 0.408 e. The van der Waals surface area contributed by atoms with Gasteiger partial charge in [-0.1, -0.05) is 83.3 Å². The van der Waals surface area contributed by atoms with Gasteiger partial charge in [-0.25, -0.2) is 19.2 Å². The molecule has 16 heteroatoms. The molecular weight excluding hydrogens is 889 g/mol. The number of alkyl halides is 1. The van der Waals surface area contributed by atoms with E-state index < -0.39 is 53.8 Å². The molecule has 0 saturated carbocycles. The van der Waals surface area contributed by atoms with Gasteiger partial charge in [-0.15, -0.1) is 0 Å². The normalized spacial score (nSPS) is 12.4. The van der Waals surface area contributed by atoms with Gasteiger partial charge in [0.15, 0.2) is 17.5 Å². The van der Waals surface area contributed by atoms with E-state index in [-0.39, 0.29) is 37.6 Å². The Bertz CT molecular complexity index is 2040. The summed E-state index contributed by atoms with van der Waals surface area (Å²) >= 11 is 2.08. The second-order valence-corrected chi connectivity index (χ2v) is 15.1. The number of esters is 2. The second-order valence-electron chi connectivity index (χ2n) is 14.0. The van der Waals surface area contributed by atoms with Gasteiger partial charge in [0.25, 0.3) is 0 Å². The van der Waals surface area contributed by atoms with Crippen molar-refractivity contribution >= 4 is 52.6 Å². The first-order valence-corrected chi connectivity index (χ1v) is 20.5. The minimum atomic E-state index is -1.35. The van der Waals surface area contributed by atoms with Crippen LogP contribution in [-0.4, -0.2) is 73.5 Å². The van der Waals surface area contributed by atoms with Crippen LogP contribution in [0, 0.1) is 0 Å². The number of amides is 3. The van der Waals surface area contributed by atoms with E-state index in [1.807, 2.05) is 18.2 Å². The Morgan fingerprint density at radius 1 is 0.650 bits per heavy atom. The van der Waals surface area contributed by atoms with Crippen molar-refractivity contribution in [3.63, 3.8) is 0 Å². The number of halogens is 1. The number of nitrogens with one attached hydrogen (secondary N) is 3. The number of alkyl carbamates (subject to hydrolysis) is 2. The number of ether oxygens (including phenoxy) is 7. The highest BCUT2D eigenvalue weighted by Gasteiger charge is 2.31. The Hall–Kier alpha value is -6.04. The summed E-state index contributed by atoms with van der Waals surface area (Å²) in [4.78, 5) is 66.0. The first-order valence-electron chi connectivity index (χ1n) is 19.0. The average molecular weight is 940 g/mol. The fourth-order valence-electron chi connectivity index (χ4n) is 5.60. The zero-order valence-corrected chi connectivity index (χ0v) is 36.4. The number of hydrogen-bond donors (Lipinski definition) is 3. The second kappa shape index (κ2) is 22.9. The van der Waals surface area contributed by atoms with E-state index in [0.717, 1.165) is 5.56 Å². The van der Waals surface area contributed by atoms with Gasteiger partial charge < -0.3 is 49.1 Å². The van der Waals surface area contributed by atoms with E-state index in [9.17, 15) is 24.0 Å². The summed E-state index contributed by atoms with van der Waals surface area (Å²) < 4.78 is 39.1. The highest BCUT2D eigenvalue weighted by molar-refractivity contribution is 14.1. The molecule has 320 valence electrons. The molecule has 0 unspecified atom stereocenters. The van der Waals surface area contributed by atoms with E-state index in [1.54, 1.807) is 100 Å². The van der Waals surface area contributed by atoms with Gasteiger partial charge in [-0.05, 0) is 86.3 Å². The summed E-state index contributed by atoms with van der Waals surface area (Å²) in [7, 11) is 2.95. The van der Waals surface area contributed by atoms with Gasteiger partial charge in [-0.2, -0.15) is 0 Å². The predicted molar refractivity (Wildman–Crippen MR) is 229 cm³/mol. The predicted octanol–water partition coefficient (Wildman–Crippen LogP) is 7.30. The van der Waals surface area contributed by atoms with Gasteiger partial charge in [0.1, 0.15) is 42.4 Å². The first-order chi connectivity index (χ1) is 28.7. The number of methoxy groups -OCH3 is 2. The van der Waals surface area contributed by atoms with Crippen LogP contribution in [0.3, 0.4) is 0 Å². The lowest BCUT2D eigenvalue weighted by Gasteiger charge is -2.24. The van der Waals surface area contributed by atoms with Crippen molar-refractivity contribution in [2.24, 2.45) is 0 Å². The molecule has 0 aliphatic carbocycles. The van der Waals surface area contributed by atoms with Crippen LogP contribution in [0.1, 0.15) is 62.0 Å². The van der Waals surface area contributed by atoms with Crippen LogP contribution in [0.4, 0.5) is 9.59 Å². The van der Waals surface area contributed by atoms with E-state index >= 15 is 0 Å². The maximum absolute atomic E-state index is 14.1. The molecule has 0 saturated heterocycles. The molecule has 0 bridgehead atoms. The standard InChI is InChI=1S/C44H50IN3O12/c1-7-56-41(51)38(47-39(49)37(30-15-20-32(54-5)21-16-30)48-42(52)58-27-29-11-9-8-10-12-29)31-17-22-35(55-6)36(26-31)59-33-18-13-28(14-19-33)25-34(40(50)57-24-23-45)46-43(53)60-44(2,3)4/h8-22,26,34,37-38H,7,23-25,27H2,1-6H3,(H,46,53)(H,47,49)(H,48,52)/t34-,37+,38-/m1/s1. The number of benzene rings is 4. The molecule has 60 heavy (non-hydrogen) atoms. The molecule has 0 radical (unpaired) electrons. The quantitative estimate of drug-likeness (QED) is 0.0370. The SMILES string of the molecule is CCOC(=O)[C@H](NC(=O)[C@@H](NC(=O)OCc1ccccc1)c1ccc(OC)cc1)c1ccc(OC)c(Oc2ccc(C[C@@H](NC(=O)OC(C)(C)C)C(=O)OCCI)cc2)c1. The summed E-state index contributed by atoms with van der Waals surface area (Å²) in [6.45, 7) is 6.97. The molecule has 3 N–H and O–H groups in total.